The number of aliphatic hydroxyl groups is 1. The number of hydrogen-bond donors (Lipinski definition) is 2. The standard InChI is InChI=1S/C24H32N4O6S/c1-27-12-24(25-15-27)35(31,32)28-11-19(29)13-33-14-22-21(28)7-6-20(34-22)10-23(30)26-18-8-16-4-2-3-5-17(16)9-18/h2-5,12,15,18-22,29H,6-11,13-14H2,1H3,(H,26,30)/t19-,20+,21-,22+/m1/s1. The first-order chi connectivity index (χ1) is 16.8. The zero-order valence-corrected chi connectivity index (χ0v) is 20.6. The van der Waals surface area contributed by atoms with Crippen LogP contribution in [0.1, 0.15) is 30.4 Å². The first-order valence-electron chi connectivity index (χ1n) is 12.1. The van der Waals surface area contributed by atoms with Crippen LogP contribution in [0.25, 0.3) is 0 Å². The summed E-state index contributed by atoms with van der Waals surface area (Å²) in [5.74, 6) is -0.0635. The number of sulfonamides is 1. The lowest BCUT2D eigenvalue weighted by Crippen LogP contribution is -2.57. The van der Waals surface area contributed by atoms with Gasteiger partial charge in [0.2, 0.25) is 5.91 Å². The Labute approximate surface area is 205 Å². The number of imidazole rings is 1. The van der Waals surface area contributed by atoms with Crippen LogP contribution in [0.4, 0.5) is 0 Å². The number of amides is 1. The van der Waals surface area contributed by atoms with Gasteiger partial charge in [0.05, 0.1) is 50.3 Å². The number of aromatic nitrogens is 2. The van der Waals surface area contributed by atoms with Gasteiger partial charge >= 0.3 is 0 Å². The lowest BCUT2D eigenvalue weighted by molar-refractivity contribution is -0.146. The molecule has 0 bridgehead atoms. The van der Waals surface area contributed by atoms with Gasteiger partial charge in [-0.15, -0.1) is 0 Å². The van der Waals surface area contributed by atoms with Crippen molar-refractivity contribution in [3.8, 4) is 0 Å². The van der Waals surface area contributed by atoms with Crippen molar-refractivity contribution in [1.29, 1.82) is 0 Å². The highest BCUT2D eigenvalue weighted by Crippen LogP contribution is 2.31. The van der Waals surface area contributed by atoms with Gasteiger partial charge in [0.15, 0.2) is 5.03 Å². The van der Waals surface area contributed by atoms with Crippen molar-refractivity contribution in [2.75, 3.05) is 19.8 Å². The summed E-state index contributed by atoms with van der Waals surface area (Å²) in [5, 5.41) is 13.4. The van der Waals surface area contributed by atoms with Crippen molar-refractivity contribution >= 4 is 15.9 Å². The molecule has 1 aromatic heterocycles. The molecule has 190 valence electrons. The topological polar surface area (TPSA) is 123 Å². The quantitative estimate of drug-likeness (QED) is 0.604. The van der Waals surface area contributed by atoms with E-state index in [4.69, 9.17) is 9.47 Å². The van der Waals surface area contributed by atoms with Crippen molar-refractivity contribution in [2.45, 2.75) is 67.5 Å². The van der Waals surface area contributed by atoms with Crippen LogP contribution < -0.4 is 5.32 Å². The number of benzene rings is 1. The van der Waals surface area contributed by atoms with Gasteiger partial charge in [-0.2, -0.15) is 4.31 Å². The van der Waals surface area contributed by atoms with E-state index in [-0.39, 0.29) is 49.3 Å². The SMILES string of the molecule is Cn1cnc(S(=O)(=O)N2C[C@@H](O)COC[C@@H]3O[C@H](CC(=O)NC4Cc5ccccc5C4)CC[C@H]32)c1. The van der Waals surface area contributed by atoms with Crippen molar-refractivity contribution in [1.82, 2.24) is 19.2 Å². The third-order valence-corrected chi connectivity index (χ3v) is 8.79. The minimum absolute atomic E-state index is 0.00815. The fourth-order valence-corrected chi connectivity index (χ4v) is 7.05. The predicted octanol–water partition coefficient (Wildman–Crippen LogP) is 0.392. The van der Waals surface area contributed by atoms with E-state index in [1.54, 1.807) is 11.6 Å². The van der Waals surface area contributed by atoms with Gasteiger partial charge in [-0.3, -0.25) is 4.79 Å². The molecule has 2 fully saturated rings. The molecule has 0 spiro atoms. The van der Waals surface area contributed by atoms with Gasteiger partial charge in [-0.1, -0.05) is 24.3 Å². The summed E-state index contributed by atoms with van der Waals surface area (Å²) >= 11 is 0. The molecule has 2 aromatic rings. The first-order valence-corrected chi connectivity index (χ1v) is 13.5. The molecular weight excluding hydrogens is 472 g/mol. The molecule has 3 heterocycles. The maximum Gasteiger partial charge on any atom is 0.262 e. The Balaban J connectivity index is 1.24. The molecule has 4 atom stereocenters. The molecule has 2 saturated heterocycles. The van der Waals surface area contributed by atoms with Gasteiger partial charge in [0, 0.05) is 25.8 Å². The normalized spacial score (nSPS) is 28.1. The number of ether oxygens (including phenoxy) is 2. The van der Waals surface area contributed by atoms with Gasteiger partial charge in [-0.05, 0) is 36.8 Å². The lowest BCUT2D eigenvalue weighted by Gasteiger charge is -2.43. The molecule has 1 aliphatic carbocycles. The van der Waals surface area contributed by atoms with Crippen LogP contribution in [0.15, 0.2) is 41.8 Å². The van der Waals surface area contributed by atoms with Gasteiger partial charge in [0.1, 0.15) is 0 Å². The smallest absolute Gasteiger partial charge is 0.262 e. The molecule has 1 aromatic carbocycles. The molecule has 0 saturated carbocycles. The first kappa shape index (κ1) is 24.4. The number of β-amino-alcohol motifs (C(OH)–C–C–N with tert-alkyl or cyclic N) is 1. The Hall–Kier alpha value is -2.31. The summed E-state index contributed by atoms with van der Waals surface area (Å²) in [6, 6.07) is 7.80. The zero-order valence-electron chi connectivity index (χ0n) is 19.7. The highest BCUT2D eigenvalue weighted by atomic mass is 32.2. The van der Waals surface area contributed by atoms with Gasteiger partial charge < -0.3 is 24.5 Å². The zero-order chi connectivity index (χ0) is 24.6. The van der Waals surface area contributed by atoms with Crippen LogP contribution in [0.2, 0.25) is 0 Å². The Morgan fingerprint density at radius 1 is 1.20 bits per heavy atom. The molecule has 2 N–H and O–H groups in total. The van der Waals surface area contributed by atoms with Crippen LogP contribution in [0, 0.1) is 0 Å². The average Bonchev–Trinajstić information content (AvgIpc) is 3.42. The highest BCUT2D eigenvalue weighted by molar-refractivity contribution is 7.89. The van der Waals surface area contributed by atoms with Crippen LogP contribution in [0.3, 0.4) is 0 Å². The second-order valence-corrected chi connectivity index (χ2v) is 11.6. The Bertz CT molecular complexity index is 1140. The van der Waals surface area contributed by atoms with Crippen molar-refractivity contribution < 1.29 is 27.8 Å². The van der Waals surface area contributed by atoms with Gasteiger partial charge in [0.25, 0.3) is 10.0 Å². The maximum absolute atomic E-state index is 13.4. The summed E-state index contributed by atoms with van der Waals surface area (Å²) in [7, 11) is -2.24. The molecule has 35 heavy (non-hydrogen) atoms. The number of fused-ring (bicyclic) bond motifs is 2. The highest BCUT2D eigenvalue weighted by Gasteiger charge is 2.44. The molecule has 5 rings (SSSR count). The number of carbonyl (C=O) groups is 1. The molecule has 1 amide bonds. The van der Waals surface area contributed by atoms with Crippen LogP contribution in [-0.4, -0.2) is 83.4 Å². The number of nitrogens with zero attached hydrogens (tertiary/aromatic N) is 3. The minimum atomic E-state index is -3.94. The third-order valence-electron chi connectivity index (χ3n) is 7.02. The van der Waals surface area contributed by atoms with E-state index in [0.717, 1.165) is 12.8 Å². The van der Waals surface area contributed by atoms with Crippen LogP contribution in [-0.2, 0) is 44.2 Å². The van der Waals surface area contributed by atoms with E-state index in [9.17, 15) is 18.3 Å². The molecular formula is C24H32N4O6S. The minimum Gasteiger partial charge on any atom is -0.389 e. The lowest BCUT2D eigenvalue weighted by atomic mass is 9.96. The average molecular weight is 505 g/mol. The van der Waals surface area contributed by atoms with Gasteiger partial charge in [-0.25, -0.2) is 13.4 Å². The van der Waals surface area contributed by atoms with Crippen LogP contribution >= 0.6 is 0 Å². The summed E-state index contributed by atoms with van der Waals surface area (Å²) in [6.07, 6.45) is 3.97. The summed E-state index contributed by atoms with van der Waals surface area (Å²) in [6.45, 7) is 0.0526. The van der Waals surface area contributed by atoms with Crippen molar-refractivity contribution in [3.05, 3.63) is 47.9 Å². The number of aliphatic hydroxyl groups excluding tert-OH is 1. The van der Waals surface area contributed by atoms with E-state index >= 15 is 0 Å². The molecule has 0 radical (unpaired) electrons. The van der Waals surface area contributed by atoms with Crippen molar-refractivity contribution in [2.24, 2.45) is 7.05 Å². The molecule has 0 unspecified atom stereocenters. The van der Waals surface area contributed by atoms with E-state index < -0.39 is 28.3 Å². The Kier molecular flexibility index (Phi) is 6.95. The van der Waals surface area contributed by atoms with E-state index in [1.165, 1.54) is 28.0 Å². The molecule has 2 aliphatic heterocycles. The third kappa shape index (κ3) is 5.29. The second-order valence-electron chi connectivity index (χ2n) is 9.73. The molecule has 11 heteroatoms. The van der Waals surface area contributed by atoms with E-state index in [2.05, 4.69) is 22.4 Å². The summed E-state index contributed by atoms with van der Waals surface area (Å²) in [5.41, 5.74) is 2.55. The number of nitrogens with one attached hydrogen (secondary N) is 1. The van der Waals surface area contributed by atoms with E-state index in [0.29, 0.717) is 12.8 Å². The monoisotopic (exact) mass is 504 g/mol. The molecule has 10 nitrogen and oxygen atoms in total. The van der Waals surface area contributed by atoms with Crippen LogP contribution in [0.5, 0.6) is 0 Å². The second kappa shape index (κ2) is 9.98. The Morgan fingerprint density at radius 3 is 2.63 bits per heavy atom. The summed E-state index contributed by atoms with van der Waals surface area (Å²) < 4.78 is 41.5. The predicted molar refractivity (Wildman–Crippen MR) is 126 cm³/mol. The maximum atomic E-state index is 13.4. The largest absolute Gasteiger partial charge is 0.389 e. The number of carbonyl (C=O) groups excluding carboxylic acids is 1. The van der Waals surface area contributed by atoms with E-state index in [1.807, 2.05) is 12.1 Å². The van der Waals surface area contributed by atoms with Crippen molar-refractivity contribution in [3.63, 3.8) is 0 Å². The molecule has 3 aliphatic rings. The number of aryl methyl sites for hydroxylation is 1. The summed E-state index contributed by atoms with van der Waals surface area (Å²) in [4.78, 5) is 16.8. The fraction of sp³-hybridized carbons (Fsp3) is 0.583. The fourth-order valence-electron chi connectivity index (χ4n) is 5.37. The number of rotatable bonds is 5. The Morgan fingerprint density at radius 2 is 1.94 bits per heavy atom. The number of hydrogen-bond acceptors (Lipinski definition) is 7.